The van der Waals surface area contributed by atoms with Crippen LogP contribution < -0.4 is 0 Å². The molecule has 1 radical (unpaired) electrons. The molecule has 0 fully saturated rings. The van der Waals surface area contributed by atoms with Crippen LogP contribution >= 0.6 is 34.8 Å². The molecule has 2 aromatic carbocycles. The minimum absolute atomic E-state index is 0.186. The van der Waals surface area contributed by atoms with Crippen LogP contribution in [0.25, 0.3) is 10.8 Å². The topological polar surface area (TPSA) is 19.9 Å². The van der Waals surface area contributed by atoms with E-state index >= 15 is 0 Å². The zero-order valence-corrected chi connectivity index (χ0v) is 9.77. The van der Waals surface area contributed by atoms with Gasteiger partial charge in [-0.15, -0.1) is 0 Å². The van der Waals surface area contributed by atoms with Crippen LogP contribution in [0.1, 0.15) is 5.56 Å². The van der Waals surface area contributed by atoms with Gasteiger partial charge in [0.2, 0.25) is 3.79 Å². The summed E-state index contributed by atoms with van der Waals surface area (Å²) in [5.41, 5.74) is 0.186. The summed E-state index contributed by atoms with van der Waals surface area (Å²) in [6.07, 6.45) is 0. The molecule has 2 aromatic rings. The quantitative estimate of drug-likeness (QED) is 0.606. The monoisotopic (exact) mass is 259 g/mol. The molecule has 0 atom stereocenters. The average Bonchev–Trinajstić information content (AvgIpc) is 2.16. The Hall–Kier alpha value is -0.630. The van der Waals surface area contributed by atoms with E-state index in [0.29, 0.717) is 5.39 Å². The summed E-state index contributed by atoms with van der Waals surface area (Å²) in [5.74, 6) is -0.229. The van der Waals surface area contributed by atoms with E-state index in [1.165, 1.54) is 0 Å². The van der Waals surface area contributed by atoms with Crippen molar-refractivity contribution in [2.75, 3.05) is 0 Å². The van der Waals surface area contributed by atoms with Crippen molar-refractivity contribution in [3.63, 3.8) is 0 Å². The Morgan fingerprint density at radius 3 is 2.27 bits per heavy atom. The fourth-order valence-corrected chi connectivity index (χ4v) is 1.91. The maximum absolute atomic E-state index is 11.9. The van der Waals surface area contributed by atoms with Crippen molar-refractivity contribution in [2.45, 2.75) is 3.79 Å². The zero-order valence-electron chi connectivity index (χ0n) is 7.51. The van der Waals surface area contributed by atoms with E-state index in [9.17, 15) is 5.11 Å². The highest BCUT2D eigenvalue weighted by Crippen LogP contribution is 2.45. The summed E-state index contributed by atoms with van der Waals surface area (Å²) in [5, 5.41) is 13.3. The molecule has 1 nitrogen and oxygen atoms in total. The number of halogens is 3. The number of rotatable bonds is 0. The number of benzene rings is 2. The third-order valence-electron chi connectivity index (χ3n) is 2.18. The minimum atomic E-state index is -1.67. The van der Waals surface area contributed by atoms with Crippen molar-refractivity contribution in [3.8, 4) is 5.75 Å². The molecular formula is C11H6Cl3O. The Morgan fingerprint density at radius 1 is 0.933 bits per heavy atom. The minimum Gasteiger partial charge on any atom is -0.289 e. The molecule has 0 N–H and O–H groups in total. The molecule has 0 aliphatic heterocycles. The molecule has 0 amide bonds. The second-order valence-corrected chi connectivity index (χ2v) is 5.44. The van der Waals surface area contributed by atoms with Crippen molar-refractivity contribution in [3.05, 3.63) is 42.0 Å². The summed E-state index contributed by atoms with van der Waals surface area (Å²) in [6, 6.07) is 10.5. The van der Waals surface area contributed by atoms with Crippen molar-refractivity contribution >= 4 is 45.6 Å². The van der Waals surface area contributed by atoms with Crippen molar-refractivity contribution in [1.82, 2.24) is 0 Å². The Bertz CT molecular complexity index is 503. The van der Waals surface area contributed by atoms with Gasteiger partial charge in [-0.2, -0.15) is 0 Å². The van der Waals surface area contributed by atoms with Gasteiger partial charge in [-0.3, -0.25) is 5.11 Å². The third kappa shape index (κ3) is 2.00. The fourth-order valence-electron chi connectivity index (χ4n) is 1.47. The smallest absolute Gasteiger partial charge is 0.219 e. The molecule has 0 unspecified atom stereocenters. The number of alkyl halides is 3. The average molecular weight is 261 g/mol. The number of hydrogen-bond acceptors (Lipinski definition) is 0. The van der Waals surface area contributed by atoms with Gasteiger partial charge < -0.3 is 0 Å². The lowest BCUT2D eigenvalue weighted by atomic mass is 10.1. The molecule has 0 spiro atoms. The van der Waals surface area contributed by atoms with Crippen LogP contribution in [-0.4, -0.2) is 0 Å². The molecule has 0 aromatic heterocycles. The number of fused-ring (bicyclic) bond motifs is 1. The van der Waals surface area contributed by atoms with E-state index < -0.39 is 3.79 Å². The Morgan fingerprint density at radius 2 is 1.60 bits per heavy atom. The molecule has 15 heavy (non-hydrogen) atoms. The van der Waals surface area contributed by atoms with Crippen molar-refractivity contribution in [1.29, 1.82) is 0 Å². The van der Waals surface area contributed by atoms with Gasteiger partial charge in [0.15, 0.2) is 5.75 Å². The first-order chi connectivity index (χ1) is 7.00. The summed E-state index contributed by atoms with van der Waals surface area (Å²) in [6.45, 7) is 0. The lowest BCUT2D eigenvalue weighted by Gasteiger charge is -2.12. The van der Waals surface area contributed by atoms with Crippen LogP contribution in [0.2, 0.25) is 0 Å². The molecule has 0 aliphatic carbocycles. The van der Waals surface area contributed by atoms with E-state index in [1.807, 2.05) is 12.1 Å². The predicted octanol–water partition coefficient (Wildman–Crippen LogP) is 4.81. The number of hydrogen-bond donors (Lipinski definition) is 0. The first-order valence-electron chi connectivity index (χ1n) is 4.26. The molecule has 77 valence electrons. The molecule has 0 saturated carbocycles. The van der Waals surface area contributed by atoms with Crippen LogP contribution in [-0.2, 0) is 8.90 Å². The van der Waals surface area contributed by atoms with Crippen LogP contribution in [0.5, 0.6) is 5.75 Å². The summed E-state index contributed by atoms with van der Waals surface area (Å²) < 4.78 is -1.67. The lowest BCUT2D eigenvalue weighted by molar-refractivity contribution is 0.356. The predicted molar refractivity (Wildman–Crippen MR) is 63.3 cm³/mol. The summed E-state index contributed by atoms with van der Waals surface area (Å²) in [7, 11) is 0. The highest BCUT2D eigenvalue weighted by molar-refractivity contribution is 6.67. The molecule has 0 saturated heterocycles. The lowest BCUT2D eigenvalue weighted by Crippen LogP contribution is -1.99. The van der Waals surface area contributed by atoms with Gasteiger partial charge in [-0.25, -0.2) is 0 Å². The third-order valence-corrected chi connectivity index (χ3v) is 2.80. The maximum atomic E-state index is 11.9. The van der Waals surface area contributed by atoms with E-state index in [4.69, 9.17) is 34.8 Å². The first kappa shape index (κ1) is 10.9. The zero-order chi connectivity index (χ0) is 11.1. The second kappa shape index (κ2) is 3.75. The molecule has 4 heteroatoms. The van der Waals surface area contributed by atoms with Crippen LogP contribution in [0.15, 0.2) is 36.4 Å². The first-order valence-corrected chi connectivity index (χ1v) is 5.39. The van der Waals surface area contributed by atoms with E-state index in [1.54, 1.807) is 24.3 Å². The normalized spacial score (nSPS) is 11.9. The second-order valence-electron chi connectivity index (χ2n) is 3.16. The largest absolute Gasteiger partial charge is 0.289 e. The maximum Gasteiger partial charge on any atom is 0.219 e. The van der Waals surface area contributed by atoms with Gasteiger partial charge in [0.25, 0.3) is 0 Å². The van der Waals surface area contributed by atoms with E-state index in [2.05, 4.69) is 0 Å². The molecule has 0 heterocycles. The van der Waals surface area contributed by atoms with Crippen LogP contribution in [0.3, 0.4) is 0 Å². The highest BCUT2D eigenvalue weighted by Gasteiger charge is 2.28. The van der Waals surface area contributed by atoms with Gasteiger partial charge in [0.05, 0.1) is 5.56 Å². The van der Waals surface area contributed by atoms with Crippen molar-refractivity contribution < 1.29 is 5.11 Å². The Kier molecular flexibility index (Phi) is 2.72. The van der Waals surface area contributed by atoms with Crippen LogP contribution in [0, 0.1) is 0 Å². The highest BCUT2D eigenvalue weighted by atomic mass is 35.6. The fraction of sp³-hybridized carbons (Fsp3) is 0.0909. The molecule has 0 bridgehead atoms. The van der Waals surface area contributed by atoms with Gasteiger partial charge >= 0.3 is 0 Å². The van der Waals surface area contributed by atoms with Gasteiger partial charge in [0.1, 0.15) is 0 Å². The van der Waals surface area contributed by atoms with Gasteiger partial charge in [-0.05, 0) is 5.39 Å². The van der Waals surface area contributed by atoms with Gasteiger partial charge in [0, 0.05) is 5.39 Å². The Labute approximate surface area is 102 Å². The molecule has 0 aliphatic rings. The SMILES string of the molecule is [O]c1c(C(Cl)(Cl)Cl)ccc2ccccc12. The standard InChI is InChI=1S/C11H6Cl3O/c12-11(13,14)9-6-5-7-3-1-2-4-8(7)10(9)15/h1-6H. The molecule has 2 rings (SSSR count). The summed E-state index contributed by atoms with van der Waals surface area (Å²) >= 11 is 17.1. The van der Waals surface area contributed by atoms with E-state index in [0.717, 1.165) is 5.39 Å². The van der Waals surface area contributed by atoms with E-state index in [-0.39, 0.29) is 11.3 Å². The Balaban J connectivity index is 2.76. The van der Waals surface area contributed by atoms with Gasteiger partial charge in [-0.1, -0.05) is 71.2 Å². The molecular weight excluding hydrogens is 254 g/mol. The summed E-state index contributed by atoms with van der Waals surface area (Å²) in [4.78, 5) is 0. The van der Waals surface area contributed by atoms with Crippen molar-refractivity contribution in [2.24, 2.45) is 0 Å². The van der Waals surface area contributed by atoms with Crippen LogP contribution in [0.4, 0.5) is 0 Å².